The first kappa shape index (κ1) is 17.7. The average Bonchev–Trinajstić information content (AvgIpc) is 2.22. The van der Waals surface area contributed by atoms with Gasteiger partial charge in [-0.15, -0.1) is 12.4 Å². The van der Waals surface area contributed by atoms with Crippen LogP contribution in [0.3, 0.4) is 0 Å². The molecule has 0 unspecified atom stereocenters. The van der Waals surface area contributed by atoms with E-state index in [1.54, 1.807) is 0 Å². The van der Waals surface area contributed by atoms with E-state index >= 15 is 0 Å². The molecule has 2 atom stereocenters. The van der Waals surface area contributed by atoms with Crippen molar-refractivity contribution in [2.24, 2.45) is 5.73 Å². The highest BCUT2D eigenvalue weighted by Gasteiger charge is 2.20. The molecule has 17 heavy (non-hydrogen) atoms. The Morgan fingerprint density at radius 3 is 2.47 bits per heavy atom. The van der Waals surface area contributed by atoms with Gasteiger partial charge in [-0.25, -0.2) is 0 Å². The molecule has 0 fully saturated rings. The predicted molar refractivity (Wildman–Crippen MR) is 88.6 cm³/mol. The quantitative estimate of drug-likeness (QED) is 0.577. The summed E-state index contributed by atoms with van der Waals surface area (Å²) in [4.78, 5) is 0. The third-order valence-corrected chi connectivity index (χ3v) is 3.86. The lowest BCUT2D eigenvalue weighted by atomic mass is 9.98. The molecule has 1 rings (SSSR count). The highest BCUT2D eigenvalue weighted by Crippen LogP contribution is 2.32. The molecule has 0 amide bonds. The summed E-state index contributed by atoms with van der Waals surface area (Å²) in [6.45, 7) is 1.99. The number of rotatable bonds is 4. The Morgan fingerprint density at radius 1 is 1.35 bits per heavy atom. The average molecular weight is 484 g/mol. The molecule has 0 aromatic heterocycles. The first-order valence-corrected chi connectivity index (χ1v) is 7.24. The zero-order chi connectivity index (χ0) is 12.3. The number of hydrogen-bond acceptors (Lipinski definition) is 3. The summed E-state index contributed by atoms with van der Waals surface area (Å²) >= 11 is 4.23. The van der Waals surface area contributed by atoms with Crippen LogP contribution in [-0.2, 0) is 0 Å². The zero-order valence-electron chi connectivity index (χ0n) is 9.36. The predicted octanol–water partition coefficient (Wildman–Crippen LogP) is 3.18. The minimum atomic E-state index is -0.607. The molecule has 0 radical (unpaired) electrons. The number of aliphatic hydroxyl groups excluding tert-OH is 1. The van der Waals surface area contributed by atoms with Crippen LogP contribution >= 0.6 is 57.6 Å². The van der Waals surface area contributed by atoms with Gasteiger partial charge in [-0.2, -0.15) is 0 Å². The summed E-state index contributed by atoms with van der Waals surface area (Å²) in [5, 5.41) is 19.7. The van der Waals surface area contributed by atoms with Crippen LogP contribution in [0.25, 0.3) is 0 Å². The van der Waals surface area contributed by atoms with Gasteiger partial charge in [0.25, 0.3) is 0 Å². The lowest BCUT2D eigenvalue weighted by molar-refractivity contribution is 0.133. The molecule has 0 heterocycles. The van der Waals surface area contributed by atoms with E-state index in [0.29, 0.717) is 12.0 Å². The number of phenols is 1. The first-order chi connectivity index (χ1) is 7.47. The number of aliphatic hydroxyl groups is 1. The monoisotopic (exact) mass is 483 g/mol. The van der Waals surface area contributed by atoms with E-state index in [4.69, 9.17) is 5.73 Å². The molecule has 3 nitrogen and oxygen atoms in total. The van der Waals surface area contributed by atoms with E-state index in [-0.39, 0.29) is 18.2 Å². The Morgan fingerprint density at radius 2 is 1.94 bits per heavy atom. The molecule has 0 aliphatic heterocycles. The van der Waals surface area contributed by atoms with Crippen molar-refractivity contribution in [3.8, 4) is 5.75 Å². The Kier molecular flexibility index (Phi) is 8.30. The minimum absolute atomic E-state index is 0. The Balaban J connectivity index is 0.00000256. The van der Waals surface area contributed by atoms with Crippen LogP contribution in [0.5, 0.6) is 5.75 Å². The number of phenolic OH excluding ortho intramolecular Hbond substituents is 1. The van der Waals surface area contributed by atoms with Crippen molar-refractivity contribution < 1.29 is 10.2 Å². The number of benzene rings is 1. The lowest BCUT2D eigenvalue weighted by Gasteiger charge is -2.20. The van der Waals surface area contributed by atoms with Gasteiger partial charge in [0.2, 0.25) is 0 Å². The van der Waals surface area contributed by atoms with Crippen LogP contribution in [0.2, 0.25) is 0 Å². The number of aromatic hydroxyl groups is 1. The maximum absolute atomic E-state index is 9.91. The van der Waals surface area contributed by atoms with Gasteiger partial charge in [0.15, 0.2) is 0 Å². The molecule has 0 saturated heterocycles. The molecular formula is C11H16ClI2NO2. The third-order valence-electron chi connectivity index (χ3n) is 2.42. The van der Waals surface area contributed by atoms with Gasteiger partial charge in [0.05, 0.1) is 15.7 Å². The van der Waals surface area contributed by atoms with Crippen LogP contribution in [0.15, 0.2) is 12.1 Å². The maximum Gasteiger partial charge on any atom is 0.133 e. The fraction of sp³-hybridized carbons (Fsp3) is 0.455. The van der Waals surface area contributed by atoms with E-state index in [1.165, 1.54) is 0 Å². The van der Waals surface area contributed by atoms with Crippen molar-refractivity contribution in [2.45, 2.75) is 31.9 Å². The summed E-state index contributed by atoms with van der Waals surface area (Å²) in [6.07, 6.45) is 0.907. The third kappa shape index (κ3) is 4.70. The topological polar surface area (TPSA) is 66.5 Å². The Hall–Kier alpha value is 0.690. The summed E-state index contributed by atoms with van der Waals surface area (Å²) in [7, 11) is 0. The van der Waals surface area contributed by atoms with Crippen molar-refractivity contribution in [2.75, 3.05) is 0 Å². The normalized spacial score (nSPS) is 13.9. The van der Waals surface area contributed by atoms with Crippen molar-refractivity contribution >= 4 is 57.6 Å². The van der Waals surface area contributed by atoms with Crippen molar-refractivity contribution in [1.82, 2.24) is 0 Å². The van der Waals surface area contributed by atoms with Crippen LogP contribution in [0.4, 0.5) is 0 Å². The van der Waals surface area contributed by atoms with Crippen LogP contribution < -0.4 is 5.73 Å². The summed E-state index contributed by atoms with van der Waals surface area (Å²) in [5.41, 5.74) is 6.57. The highest BCUT2D eigenvalue weighted by atomic mass is 127. The molecule has 4 N–H and O–H groups in total. The maximum atomic E-state index is 9.91. The smallest absolute Gasteiger partial charge is 0.133 e. The second-order valence-electron chi connectivity index (χ2n) is 3.71. The molecule has 0 saturated carbocycles. The molecular weight excluding hydrogens is 467 g/mol. The van der Waals surface area contributed by atoms with Crippen LogP contribution in [-0.4, -0.2) is 16.3 Å². The largest absolute Gasteiger partial charge is 0.506 e. The van der Waals surface area contributed by atoms with Crippen LogP contribution in [0.1, 0.15) is 31.4 Å². The number of halogens is 3. The Bertz CT molecular complexity index is 377. The van der Waals surface area contributed by atoms with Crippen molar-refractivity contribution in [3.05, 3.63) is 24.8 Å². The molecule has 0 aliphatic carbocycles. The summed E-state index contributed by atoms with van der Waals surface area (Å²) in [6, 6.07) is 3.17. The second kappa shape index (κ2) is 7.98. The van der Waals surface area contributed by atoms with E-state index in [9.17, 15) is 10.2 Å². The van der Waals surface area contributed by atoms with Gasteiger partial charge in [-0.05, 0) is 63.7 Å². The van der Waals surface area contributed by atoms with Gasteiger partial charge in [0.1, 0.15) is 5.75 Å². The molecule has 6 heteroatoms. The van der Waals surface area contributed by atoms with Crippen molar-refractivity contribution in [3.63, 3.8) is 0 Å². The van der Waals surface area contributed by atoms with Gasteiger partial charge < -0.3 is 15.9 Å². The van der Waals surface area contributed by atoms with Crippen molar-refractivity contribution in [1.29, 1.82) is 0 Å². The first-order valence-electron chi connectivity index (χ1n) is 5.09. The highest BCUT2D eigenvalue weighted by molar-refractivity contribution is 14.1. The fourth-order valence-corrected chi connectivity index (χ4v) is 3.41. The van der Waals surface area contributed by atoms with E-state index in [1.807, 2.05) is 19.1 Å². The summed E-state index contributed by atoms with van der Waals surface area (Å²) in [5.74, 6) is 0.184. The van der Waals surface area contributed by atoms with Crippen LogP contribution in [0, 0.1) is 7.14 Å². The van der Waals surface area contributed by atoms with Gasteiger partial charge in [-0.3, -0.25) is 0 Å². The fourth-order valence-electron chi connectivity index (χ4n) is 1.52. The van der Waals surface area contributed by atoms with Gasteiger partial charge in [0, 0.05) is 9.13 Å². The minimum Gasteiger partial charge on any atom is -0.506 e. The van der Waals surface area contributed by atoms with E-state index < -0.39 is 12.1 Å². The number of hydrogen-bond donors (Lipinski definition) is 3. The zero-order valence-corrected chi connectivity index (χ0v) is 14.5. The molecule has 1 aromatic rings. The Labute approximate surface area is 135 Å². The van der Waals surface area contributed by atoms with E-state index in [2.05, 4.69) is 45.2 Å². The van der Waals surface area contributed by atoms with Gasteiger partial charge in [-0.1, -0.05) is 13.3 Å². The second-order valence-corrected chi connectivity index (χ2v) is 6.12. The molecule has 98 valence electrons. The molecule has 0 aliphatic rings. The SMILES string of the molecule is CCC[C@@H](O)[C@@H](N)c1cc(I)cc(I)c1O.Cl. The standard InChI is InChI=1S/C11H15I2NO2.ClH/c1-2-3-9(15)10(14)7-4-6(12)5-8(13)11(7)16;/h4-5,9-10,15-16H,2-3,14H2,1H3;1H/t9-,10+;/m1./s1. The molecule has 0 spiro atoms. The van der Waals surface area contributed by atoms with Gasteiger partial charge >= 0.3 is 0 Å². The number of nitrogens with two attached hydrogens (primary N) is 1. The molecule has 1 aromatic carbocycles. The lowest BCUT2D eigenvalue weighted by Crippen LogP contribution is -2.26. The molecule has 0 bridgehead atoms. The summed E-state index contributed by atoms with van der Waals surface area (Å²) < 4.78 is 1.77. The van der Waals surface area contributed by atoms with E-state index in [0.717, 1.165) is 13.6 Å².